The van der Waals surface area contributed by atoms with E-state index in [2.05, 4.69) is 39.0 Å². The predicted molar refractivity (Wildman–Crippen MR) is 75.3 cm³/mol. The maximum absolute atomic E-state index is 2.20. The van der Waals surface area contributed by atoms with Crippen LogP contribution >= 0.6 is 0 Å². The lowest BCUT2D eigenvalue weighted by Gasteiger charge is -1.94. The Labute approximate surface area is 97.8 Å². The van der Waals surface area contributed by atoms with Crippen LogP contribution in [0.3, 0.4) is 0 Å². The molecule has 0 rings (SSSR count). The fraction of sp³-hybridized carbons (Fsp3) is 0.600. The van der Waals surface area contributed by atoms with Gasteiger partial charge in [0, 0.05) is 0 Å². The summed E-state index contributed by atoms with van der Waals surface area (Å²) in [5.74, 6) is 0. The van der Waals surface area contributed by atoms with E-state index in [0.29, 0.717) is 0 Å². The molecule has 0 atom stereocenters. The smallest absolute Gasteiger partial charge is 0.0285 e. The highest BCUT2D eigenvalue weighted by atomic mass is 13.9. The summed E-state index contributed by atoms with van der Waals surface area (Å²) in [6, 6.07) is 0. The highest BCUT2D eigenvalue weighted by molar-refractivity contribution is 5.16. The van der Waals surface area contributed by atoms with Crippen molar-refractivity contribution in [3.05, 3.63) is 36.0 Å². The van der Waals surface area contributed by atoms with E-state index in [-0.39, 0.29) is 0 Å². The topological polar surface area (TPSA) is 0 Å². The minimum absolute atomic E-state index is 1.21. The molecule has 0 unspecified atom stereocenters. The molecule has 0 aromatic carbocycles. The van der Waals surface area contributed by atoms with Gasteiger partial charge < -0.3 is 0 Å². The highest BCUT2D eigenvalue weighted by Crippen LogP contribution is 2.04. The van der Waals surface area contributed by atoms with Gasteiger partial charge in [-0.25, -0.2) is 0 Å². The highest BCUT2D eigenvalue weighted by Gasteiger charge is 1.84. The van der Waals surface area contributed by atoms with E-state index in [4.69, 9.17) is 0 Å². The third-order valence-electron chi connectivity index (χ3n) is 1.62. The molecule has 0 amide bonds. The van der Waals surface area contributed by atoms with Gasteiger partial charge in [-0.15, -0.1) is 0 Å². The fourth-order valence-corrected chi connectivity index (χ4v) is 0.827. The summed E-state index contributed by atoms with van der Waals surface area (Å²) in [6.45, 7) is 14.3. The summed E-state index contributed by atoms with van der Waals surface area (Å²) < 4.78 is 0. The molecule has 0 radical (unpaired) electrons. The molecule has 0 aliphatic heterocycles. The molecule has 0 aliphatic rings. The second-order valence-electron chi connectivity index (χ2n) is 2.78. The second kappa shape index (κ2) is 23.2. The van der Waals surface area contributed by atoms with Gasteiger partial charge in [-0.3, -0.25) is 0 Å². The van der Waals surface area contributed by atoms with Crippen LogP contribution in [-0.4, -0.2) is 0 Å². The van der Waals surface area contributed by atoms with Crippen LogP contribution in [0.2, 0.25) is 0 Å². The maximum Gasteiger partial charge on any atom is -0.0285 e. The lowest BCUT2D eigenvalue weighted by molar-refractivity contribution is 0.924. The van der Waals surface area contributed by atoms with E-state index in [1.807, 2.05) is 39.8 Å². The van der Waals surface area contributed by atoms with Gasteiger partial charge in [0.1, 0.15) is 0 Å². The Kier molecular flexibility index (Phi) is 30.6. The van der Waals surface area contributed by atoms with Gasteiger partial charge in [0.25, 0.3) is 0 Å². The summed E-state index contributed by atoms with van der Waals surface area (Å²) in [7, 11) is 0. The summed E-state index contributed by atoms with van der Waals surface area (Å²) >= 11 is 0. The van der Waals surface area contributed by atoms with Crippen molar-refractivity contribution in [2.24, 2.45) is 0 Å². The van der Waals surface area contributed by atoms with Crippen molar-refractivity contribution in [2.45, 2.75) is 61.3 Å². The standard InChI is InChI=1S/C9H16.C4H8.C2H6/c1-4-7-9(6-3)8-5-2;1-3-4-2;1-2/h4,6-7H,5,8H2,1-3H3;3-4H,1-2H3;1-2H3/b7-4-,9-6+;4-3-;. The van der Waals surface area contributed by atoms with Crippen LogP contribution < -0.4 is 0 Å². The van der Waals surface area contributed by atoms with Gasteiger partial charge >= 0.3 is 0 Å². The average Bonchev–Trinajstić information content (AvgIpc) is 2.31. The molecular weight excluding hydrogens is 180 g/mol. The quantitative estimate of drug-likeness (QED) is 0.401. The van der Waals surface area contributed by atoms with E-state index in [1.165, 1.54) is 18.4 Å². The molecule has 0 spiro atoms. The van der Waals surface area contributed by atoms with E-state index in [9.17, 15) is 0 Å². The fourth-order valence-electron chi connectivity index (χ4n) is 0.827. The first-order valence-corrected chi connectivity index (χ1v) is 6.11. The van der Waals surface area contributed by atoms with Crippen molar-refractivity contribution in [1.82, 2.24) is 0 Å². The lowest BCUT2D eigenvalue weighted by atomic mass is 10.1. The molecule has 0 N–H and O–H groups in total. The molecule has 0 bridgehead atoms. The monoisotopic (exact) mass is 210 g/mol. The Bertz CT molecular complexity index is 155. The van der Waals surface area contributed by atoms with Gasteiger partial charge in [-0.1, -0.05) is 63.1 Å². The second-order valence-corrected chi connectivity index (χ2v) is 2.78. The maximum atomic E-state index is 2.20. The minimum Gasteiger partial charge on any atom is -0.0919 e. The minimum atomic E-state index is 1.21. The number of hydrogen-bond donors (Lipinski definition) is 0. The van der Waals surface area contributed by atoms with Crippen LogP contribution in [0.15, 0.2) is 36.0 Å². The Hall–Kier alpha value is -0.780. The van der Waals surface area contributed by atoms with Crippen molar-refractivity contribution in [3.63, 3.8) is 0 Å². The van der Waals surface area contributed by atoms with E-state index >= 15 is 0 Å². The molecule has 0 heteroatoms. The number of hydrogen-bond acceptors (Lipinski definition) is 0. The predicted octanol–water partition coefficient (Wildman–Crippen LogP) is 5.92. The summed E-state index contributed by atoms with van der Waals surface area (Å²) in [6.07, 6.45) is 12.9. The van der Waals surface area contributed by atoms with E-state index < -0.39 is 0 Å². The van der Waals surface area contributed by atoms with Crippen molar-refractivity contribution in [3.8, 4) is 0 Å². The zero-order chi connectivity index (χ0) is 12.5. The van der Waals surface area contributed by atoms with Gasteiger partial charge in [-0.05, 0) is 34.1 Å². The zero-order valence-corrected chi connectivity index (χ0v) is 11.8. The normalized spacial score (nSPS) is 10.7. The van der Waals surface area contributed by atoms with Gasteiger partial charge in [-0.2, -0.15) is 0 Å². The van der Waals surface area contributed by atoms with Crippen LogP contribution in [-0.2, 0) is 0 Å². The molecule has 0 saturated heterocycles. The molecule has 0 aromatic rings. The largest absolute Gasteiger partial charge is 0.0919 e. The Morgan fingerprint density at radius 3 is 1.53 bits per heavy atom. The Morgan fingerprint density at radius 1 is 0.867 bits per heavy atom. The van der Waals surface area contributed by atoms with Crippen LogP contribution in [0.4, 0.5) is 0 Å². The molecule has 0 aliphatic carbocycles. The Morgan fingerprint density at radius 2 is 1.33 bits per heavy atom. The van der Waals surface area contributed by atoms with Crippen LogP contribution in [0, 0.1) is 0 Å². The van der Waals surface area contributed by atoms with Crippen LogP contribution in [0.25, 0.3) is 0 Å². The van der Waals surface area contributed by atoms with Crippen LogP contribution in [0.1, 0.15) is 61.3 Å². The molecule has 0 fully saturated rings. The number of allylic oxidation sites excluding steroid dienone is 6. The van der Waals surface area contributed by atoms with Crippen molar-refractivity contribution in [1.29, 1.82) is 0 Å². The van der Waals surface area contributed by atoms with Crippen molar-refractivity contribution < 1.29 is 0 Å². The number of rotatable bonds is 3. The third kappa shape index (κ3) is 24.6. The molecule has 0 nitrogen and oxygen atoms in total. The first kappa shape index (κ1) is 19.7. The summed E-state index contributed by atoms with van der Waals surface area (Å²) in [4.78, 5) is 0. The first-order valence-electron chi connectivity index (χ1n) is 6.11. The molecule has 0 saturated carbocycles. The molecule has 0 heterocycles. The van der Waals surface area contributed by atoms with Crippen LogP contribution in [0.5, 0.6) is 0 Å². The van der Waals surface area contributed by atoms with Gasteiger partial charge in [0.15, 0.2) is 0 Å². The average molecular weight is 210 g/mol. The summed E-state index contributed by atoms with van der Waals surface area (Å²) in [5, 5.41) is 0. The SMILES string of the molecule is C/C=C\C.C/C=C\C(=C/C)CCC.CC. The first-order chi connectivity index (χ1) is 7.26. The van der Waals surface area contributed by atoms with Crippen molar-refractivity contribution in [2.75, 3.05) is 0 Å². The Balaban J connectivity index is -0.000000202. The summed E-state index contributed by atoms with van der Waals surface area (Å²) in [5.41, 5.74) is 1.44. The zero-order valence-electron chi connectivity index (χ0n) is 11.8. The molecule has 90 valence electrons. The van der Waals surface area contributed by atoms with Crippen molar-refractivity contribution >= 4 is 0 Å². The third-order valence-corrected chi connectivity index (χ3v) is 1.62. The lowest BCUT2D eigenvalue weighted by Crippen LogP contribution is -1.74. The van der Waals surface area contributed by atoms with Gasteiger partial charge in [0.05, 0.1) is 0 Å². The van der Waals surface area contributed by atoms with E-state index in [0.717, 1.165) is 0 Å². The molecular formula is C15H30. The van der Waals surface area contributed by atoms with Gasteiger partial charge in [0.2, 0.25) is 0 Å². The molecule has 15 heavy (non-hydrogen) atoms. The van der Waals surface area contributed by atoms with E-state index in [1.54, 1.807) is 0 Å². The molecule has 0 aromatic heterocycles.